The number of hydrogen-bond acceptors (Lipinski definition) is 4. The molecular weight excluding hydrogens is 234 g/mol. The van der Waals surface area contributed by atoms with Crippen molar-refractivity contribution in [2.24, 2.45) is 0 Å². The number of rotatable bonds is 6. The van der Waals surface area contributed by atoms with E-state index in [9.17, 15) is 9.59 Å². The van der Waals surface area contributed by atoms with Crippen molar-refractivity contribution in [1.29, 1.82) is 0 Å². The zero-order valence-corrected chi connectivity index (χ0v) is 12.0. The van der Waals surface area contributed by atoms with Crippen LogP contribution in [0.1, 0.15) is 53.4 Å². The molecule has 106 valence electrons. The first-order valence-electron chi connectivity index (χ1n) is 6.34. The van der Waals surface area contributed by atoms with Gasteiger partial charge in [-0.1, -0.05) is 6.92 Å². The van der Waals surface area contributed by atoms with Gasteiger partial charge in [0.15, 0.2) is 0 Å². The number of ether oxygens (including phenoxy) is 2. The summed E-state index contributed by atoms with van der Waals surface area (Å²) in [6, 6.07) is 0.0320. The van der Waals surface area contributed by atoms with Gasteiger partial charge in [0.2, 0.25) is 0 Å². The van der Waals surface area contributed by atoms with Gasteiger partial charge in [-0.05, 0) is 40.0 Å². The van der Waals surface area contributed by atoms with Gasteiger partial charge in [-0.3, -0.25) is 4.79 Å². The molecule has 5 heteroatoms. The molecule has 0 fully saturated rings. The van der Waals surface area contributed by atoms with Crippen molar-refractivity contribution in [3.05, 3.63) is 0 Å². The average molecular weight is 259 g/mol. The number of esters is 1. The van der Waals surface area contributed by atoms with E-state index in [0.29, 0.717) is 12.8 Å². The summed E-state index contributed by atoms with van der Waals surface area (Å²) >= 11 is 0. The Hall–Kier alpha value is -1.26. The van der Waals surface area contributed by atoms with Crippen molar-refractivity contribution in [1.82, 2.24) is 5.32 Å². The van der Waals surface area contributed by atoms with Crippen LogP contribution in [0, 0.1) is 0 Å². The highest BCUT2D eigenvalue weighted by molar-refractivity contribution is 5.69. The van der Waals surface area contributed by atoms with Gasteiger partial charge in [0.25, 0.3) is 0 Å². The van der Waals surface area contributed by atoms with Crippen LogP contribution in [0.25, 0.3) is 0 Å². The van der Waals surface area contributed by atoms with E-state index >= 15 is 0 Å². The van der Waals surface area contributed by atoms with Gasteiger partial charge in [-0.15, -0.1) is 0 Å². The zero-order valence-electron chi connectivity index (χ0n) is 12.0. The quantitative estimate of drug-likeness (QED) is 0.745. The molecule has 0 aliphatic heterocycles. The van der Waals surface area contributed by atoms with Gasteiger partial charge in [-0.2, -0.15) is 0 Å². The van der Waals surface area contributed by atoms with Crippen molar-refractivity contribution in [2.45, 2.75) is 65.0 Å². The minimum atomic E-state index is -0.492. The Kier molecular flexibility index (Phi) is 7.39. The predicted octanol–water partition coefficient (Wildman–Crippen LogP) is 2.63. The van der Waals surface area contributed by atoms with Crippen LogP contribution in [-0.2, 0) is 14.3 Å². The highest BCUT2D eigenvalue weighted by atomic mass is 16.6. The molecule has 1 atom stereocenters. The molecule has 0 bridgehead atoms. The minimum Gasteiger partial charge on any atom is -0.469 e. The largest absolute Gasteiger partial charge is 0.469 e. The third kappa shape index (κ3) is 8.84. The van der Waals surface area contributed by atoms with Gasteiger partial charge in [-0.25, -0.2) is 4.79 Å². The van der Waals surface area contributed by atoms with Crippen molar-refractivity contribution in [2.75, 3.05) is 7.11 Å². The van der Waals surface area contributed by atoms with E-state index in [2.05, 4.69) is 10.1 Å². The molecule has 0 aromatic carbocycles. The third-order valence-electron chi connectivity index (χ3n) is 2.37. The van der Waals surface area contributed by atoms with Gasteiger partial charge in [0.1, 0.15) is 5.60 Å². The molecule has 1 amide bonds. The van der Waals surface area contributed by atoms with Crippen LogP contribution in [0.3, 0.4) is 0 Å². The second-order valence-electron chi connectivity index (χ2n) is 5.22. The van der Waals surface area contributed by atoms with E-state index in [1.807, 2.05) is 27.7 Å². The molecule has 1 N–H and O–H groups in total. The first-order chi connectivity index (χ1) is 8.28. The van der Waals surface area contributed by atoms with Crippen molar-refractivity contribution in [3.63, 3.8) is 0 Å². The van der Waals surface area contributed by atoms with Crippen LogP contribution in [0.4, 0.5) is 4.79 Å². The lowest BCUT2D eigenvalue weighted by Gasteiger charge is -2.23. The summed E-state index contributed by atoms with van der Waals surface area (Å²) in [5, 5.41) is 2.80. The van der Waals surface area contributed by atoms with Gasteiger partial charge >= 0.3 is 12.1 Å². The SMILES string of the molecule is CCC(CCCC(=O)OC)NC(=O)OC(C)(C)C. The summed E-state index contributed by atoms with van der Waals surface area (Å²) in [6.45, 7) is 7.46. The van der Waals surface area contributed by atoms with E-state index in [-0.39, 0.29) is 12.0 Å². The molecule has 0 heterocycles. The highest BCUT2D eigenvalue weighted by Crippen LogP contribution is 2.09. The topological polar surface area (TPSA) is 64.6 Å². The number of carbonyl (C=O) groups excluding carboxylic acids is 2. The van der Waals surface area contributed by atoms with Crippen LogP contribution in [0.5, 0.6) is 0 Å². The number of carbonyl (C=O) groups is 2. The molecule has 1 unspecified atom stereocenters. The molecule has 0 saturated carbocycles. The molecular formula is C13H25NO4. The Balaban J connectivity index is 3.96. The summed E-state index contributed by atoms with van der Waals surface area (Å²) in [6.07, 6.45) is 2.21. The minimum absolute atomic E-state index is 0.0320. The second kappa shape index (κ2) is 7.95. The maximum Gasteiger partial charge on any atom is 0.407 e. The number of nitrogens with one attached hydrogen (secondary N) is 1. The Morgan fingerprint density at radius 1 is 1.28 bits per heavy atom. The maximum absolute atomic E-state index is 11.6. The fourth-order valence-corrected chi connectivity index (χ4v) is 1.45. The van der Waals surface area contributed by atoms with E-state index in [1.165, 1.54) is 7.11 Å². The molecule has 18 heavy (non-hydrogen) atoms. The van der Waals surface area contributed by atoms with Crippen molar-refractivity contribution in [3.8, 4) is 0 Å². The molecule has 0 aromatic heterocycles. The van der Waals surface area contributed by atoms with Crippen molar-refractivity contribution >= 4 is 12.1 Å². The molecule has 0 aromatic rings. The Bertz CT molecular complexity index is 271. The lowest BCUT2D eigenvalue weighted by molar-refractivity contribution is -0.140. The molecule has 0 rings (SSSR count). The smallest absolute Gasteiger partial charge is 0.407 e. The Morgan fingerprint density at radius 3 is 2.33 bits per heavy atom. The van der Waals surface area contributed by atoms with Crippen molar-refractivity contribution < 1.29 is 19.1 Å². The van der Waals surface area contributed by atoms with E-state index < -0.39 is 11.7 Å². The average Bonchev–Trinajstić information content (AvgIpc) is 2.24. The lowest BCUT2D eigenvalue weighted by atomic mass is 10.1. The number of methoxy groups -OCH3 is 1. The van der Waals surface area contributed by atoms with Gasteiger partial charge in [0, 0.05) is 12.5 Å². The molecule has 0 radical (unpaired) electrons. The lowest BCUT2D eigenvalue weighted by Crippen LogP contribution is -2.38. The third-order valence-corrected chi connectivity index (χ3v) is 2.37. The fourth-order valence-electron chi connectivity index (χ4n) is 1.45. The van der Waals surface area contributed by atoms with Crippen LogP contribution in [-0.4, -0.2) is 30.8 Å². The summed E-state index contributed by atoms with van der Waals surface area (Å²) in [5.74, 6) is -0.220. The second-order valence-corrected chi connectivity index (χ2v) is 5.22. The maximum atomic E-state index is 11.6. The van der Waals surface area contributed by atoms with E-state index in [0.717, 1.165) is 12.8 Å². The molecule has 0 spiro atoms. The predicted molar refractivity (Wildman–Crippen MR) is 69.3 cm³/mol. The Morgan fingerprint density at radius 2 is 1.89 bits per heavy atom. The molecule has 0 aliphatic rings. The first-order valence-corrected chi connectivity index (χ1v) is 6.34. The Labute approximate surface area is 109 Å². The first kappa shape index (κ1) is 16.7. The summed E-state index contributed by atoms with van der Waals surface area (Å²) < 4.78 is 9.74. The summed E-state index contributed by atoms with van der Waals surface area (Å²) in [4.78, 5) is 22.5. The standard InChI is InChI=1S/C13H25NO4/c1-6-10(8-7-9-11(15)17-5)14-12(16)18-13(2,3)4/h10H,6-9H2,1-5H3,(H,14,16). The van der Waals surface area contributed by atoms with Crippen LogP contribution in [0.2, 0.25) is 0 Å². The van der Waals surface area contributed by atoms with E-state index in [1.54, 1.807) is 0 Å². The molecule has 5 nitrogen and oxygen atoms in total. The highest BCUT2D eigenvalue weighted by Gasteiger charge is 2.18. The van der Waals surface area contributed by atoms with Gasteiger partial charge < -0.3 is 14.8 Å². The molecule has 0 aliphatic carbocycles. The normalized spacial score (nSPS) is 12.7. The monoisotopic (exact) mass is 259 g/mol. The molecule has 0 saturated heterocycles. The van der Waals surface area contributed by atoms with Gasteiger partial charge in [0.05, 0.1) is 7.11 Å². The van der Waals surface area contributed by atoms with Crippen LogP contribution >= 0.6 is 0 Å². The van der Waals surface area contributed by atoms with Crippen LogP contribution in [0.15, 0.2) is 0 Å². The zero-order chi connectivity index (χ0) is 14.2. The van der Waals surface area contributed by atoms with E-state index in [4.69, 9.17) is 4.74 Å². The number of amides is 1. The number of alkyl carbamates (subject to hydrolysis) is 1. The fraction of sp³-hybridized carbons (Fsp3) is 0.846. The summed E-state index contributed by atoms with van der Waals surface area (Å²) in [7, 11) is 1.37. The van der Waals surface area contributed by atoms with Crippen LogP contribution < -0.4 is 5.32 Å². The summed E-state index contributed by atoms with van der Waals surface area (Å²) in [5.41, 5.74) is -0.492. The number of hydrogen-bond donors (Lipinski definition) is 1.